The van der Waals surface area contributed by atoms with Crippen molar-refractivity contribution in [3.05, 3.63) is 59.7 Å². The normalized spacial score (nSPS) is 13.2. The minimum Gasteiger partial charge on any atom is -0.497 e. The van der Waals surface area contributed by atoms with E-state index < -0.39 is 10.8 Å². The summed E-state index contributed by atoms with van der Waals surface area (Å²) in [6, 6.07) is 14.5. The highest BCUT2D eigenvalue weighted by Gasteiger charge is 2.14. The molecule has 0 fully saturated rings. The SMILES string of the molecule is CCC(NC(=O)c1ccc(S(C)=O)cc1)c1ccc(OC)cc1. The summed E-state index contributed by atoms with van der Waals surface area (Å²) < 4.78 is 16.5. The van der Waals surface area contributed by atoms with Gasteiger partial charge in [0.05, 0.1) is 13.2 Å². The lowest BCUT2D eigenvalue weighted by Crippen LogP contribution is -2.28. The lowest BCUT2D eigenvalue weighted by molar-refractivity contribution is 0.0935. The van der Waals surface area contributed by atoms with Gasteiger partial charge < -0.3 is 10.1 Å². The van der Waals surface area contributed by atoms with Crippen LogP contribution in [0.3, 0.4) is 0 Å². The van der Waals surface area contributed by atoms with Crippen LogP contribution in [0.15, 0.2) is 53.4 Å². The number of carbonyl (C=O) groups is 1. The zero-order valence-corrected chi connectivity index (χ0v) is 14.4. The van der Waals surface area contributed by atoms with Crippen LogP contribution in [0.25, 0.3) is 0 Å². The van der Waals surface area contributed by atoms with Gasteiger partial charge in [-0.15, -0.1) is 0 Å². The summed E-state index contributed by atoms with van der Waals surface area (Å²) in [7, 11) is 0.587. The van der Waals surface area contributed by atoms with E-state index in [4.69, 9.17) is 4.74 Å². The quantitative estimate of drug-likeness (QED) is 0.883. The van der Waals surface area contributed by atoms with Gasteiger partial charge in [-0.3, -0.25) is 9.00 Å². The molecule has 0 aliphatic rings. The molecule has 122 valence electrons. The maximum atomic E-state index is 12.4. The molecule has 1 N–H and O–H groups in total. The Morgan fingerprint density at radius 3 is 2.22 bits per heavy atom. The van der Waals surface area contributed by atoms with E-state index in [-0.39, 0.29) is 11.9 Å². The molecule has 5 heteroatoms. The van der Waals surface area contributed by atoms with Crippen molar-refractivity contribution in [3.8, 4) is 5.75 Å². The number of hydrogen-bond donors (Lipinski definition) is 1. The second kappa shape index (κ2) is 7.92. The summed E-state index contributed by atoms with van der Waals surface area (Å²) in [6.45, 7) is 2.03. The number of methoxy groups -OCH3 is 1. The van der Waals surface area contributed by atoms with Crippen LogP contribution in [0, 0.1) is 0 Å². The molecule has 4 nitrogen and oxygen atoms in total. The summed E-state index contributed by atoms with van der Waals surface area (Å²) >= 11 is 0. The third kappa shape index (κ3) is 4.42. The number of ether oxygens (including phenoxy) is 1. The summed E-state index contributed by atoms with van der Waals surface area (Å²) in [6.07, 6.45) is 2.40. The van der Waals surface area contributed by atoms with Crippen LogP contribution in [0.1, 0.15) is 35.3 Å². The van der Waals surface area contributed by atoms with Crippen molar-refractivity contribution in [2.45, 2.75) is 24.3 Å². The Balaban J connectivity index is 2.10. The molecular weight excluding hydrogens is 310 g/mol. The van der Waals surface area contributed by atoms with Crippen molar-refractivity contribution >= 4 is 16.7 Å². The van der Waals surface area contributed by atoms with Crippen LogP contribution in [-0.4, -0.2) is 23.5 Å². The van der Waals surface area contributed by atoms with Gasteiger partial charge in [0, 0.05) is 27.5 Å². The Hall–Kier alpha value is -2.14. The van der Waals surface area contributed by atoms with Crippen LogP contribution in [0.5, 0.6) is 5.75 Å². The van der Waals surface area contributed by atoms with Crippen molar-refractivity contribution in [3.63, 3.8) is 0 Å². The third-order valence-corrected chi connectivity index (χ3v) is 4.62. The molecule has 2 unspecified atom stereocenters. The molecule has 0 saturated carbocycles. The molecule has 0 saturated heterocycles. The van der Waals surface area contributed by atoms with Crippen molar-refractivity contribution in [1.82, 2.24) is 5.32 Å². The second-order valence-corrected chi connectivity index (χ2v) is 6.57. The van der Waals surface area contributed by atoms with E-state index in [1.807, 2.05) is 31.2 Å². The smallest absolute Gasteiger partial charge is 0.251 e. The van der Waals surface area contributed by atoms with Gasteiger partial charge in [0.15, 0.2) is 0 Å². The van der Waals surface area contributed by atoms with E-state index in [1.54, 1.807) is 37.6 Å². The van der Waals surface area contributed by atoms with Gasteiger partial charge in [-0.05, 0) is 48.4 Å². The molecule has 0 radical (unpaired) electrons. The van der Waals surface area contributed by atoms with Gasteiger partial charge in [0.25, 0.3) is 5.91 Å². The summed E-state index contributed by atoms with van der Waals surface area (Å²) in [5, 5.41) is 3.03. The van der Waals surface area contributed by atoms with Crippen LogP contribution < -0.4 is 10.1 Å². The molecule has 2 aromatic carbocycles. The molecular formula is C18H21NO3S. The van der Waals surface area contributed by atoms with Gasteiger partial charge in [-0.25, -0.2) is 0 Å². The Morgan fingerprint density at radius 1 is 1.13 bits per heavy atom. The maximum Gasteiger partial charge on any atom is 0.251 e. The maximum absolute atomic E-state index is 12.4. The van der Waals surface area contributed by atoms with Crippen molar-refractivity contribution < 1.29 is 13.7 Å². The van der Waals surface area contributed by atoms with Crippen molar-refractivity contribution in [1.29, 1.82) is 0 Å². The number of benzene rings is 2. The average Bonchev–Trinajstić information content (AvgIpc) is 2.59. The van der Waals surface area contributed by atoms with Crippen LogP contribution in [0.4, 0.5) is 0 Å². The van der Waals surface area contributed by atoms with Crippen LogP contribution >= 0.6 is 0 Å². The summed E-state index contributed by atoms with van der Waals surface area (Å²) in [4.78, 5) is 13.1. The number of amides is 1. The fourth-order valence-electron chi connectivity index (χ4n) is 2.30. The molecule has 0 spiro atoms. The van der Waals surface area contributed by atoms with E-state index in [9.17, 15) is 9.00 Å². The van der Waals surface area contributed by atoms with Crippen molar-refractivity contribution in [2.24, 2.45) is 0 Å². The molecule has 2 atom stereocenters. The average molecular weight is 331 g/mol. The lowest BCUT2D eigenvalue weighted by Gasteiger charge is -2.18. The second-order valence-electron chi connectivity index (χ2n) is 5.19. The topological polar surface area (TPSA) is 55.4 Å². The number of carbonyl (C=O) groups excluding carboxylic acids is 1. The van der Waals surface area contributed by atoms with E-state index >= 15 is 0 Å². The first-order chi connectivity index (χ1) is 11.0. The number of hydrogen-bond acceptors (Lipinski definition) is 3. The van der Waals surface area contributed by atoms with Gasteiger partial charge in [-0.1, -0.05) is 19.1 Å². The Bertz CT molecular complexity index is 680. The van der Waals surface area contributed by atoms with Gasteiger partial charge >= 0.3 is 0 Å². The molecule has 0 bridgehead atoms. The van der Waals surface area contributed by atoms with E-state index in [1.165, 1.54) is 0 Å². The van der Waals surface area contributed by atoms with Gasteiger partial charge in [-0.2, -0.15) is 0 Å². The predicted octanol–water partition coefficient (Wildman–Crippen LogP) is 3.31. The monoisotopic (exact) mass is 331 g/mol. The first-order valence-electron chi connectivity index (χ1n) is 7.43. The van der Waals surface area contributed by atoms with Crippen LogP contribution in [-0.2, 0) is 10.8 Å². The van der Waals surface area contributed by atoms with Crippen LogP contribution in [0.2, 0.25) is 0 Å². The first kappa shape index (κ1) is 17.2. The number of rotatable bonds is 6. The molecule has 0 aliphatic carbocycles. The molecule has 1 amide bonds. The lowest BCUT2D eigenvalue weighted by atomic mass is 10.0. The van der Waals surface area contributed by atoms with E-state index in [0.717, 1.165) is 17.7 Å². The molecule has 0 aromatic heterocycles. The van der Waals surface area contributed by atoms with Gasteiger partial charge in [0.2, 0.25) is 0 Å². The molecule has 2 aromatic rings. The summed E-state index contributed by atoms with van der Waals surface area (Å²) in [5.41, 5.74) is 1.60. The summed E-state index contributed by atoms with van der Waals surface area (Å²) in [5.74, 6) is 0.652. The highest BCUT2D eigenvalue weighted by Crippen LogP contribution is 2.20. The first-order valence-corrected chi connectivity index (χ1v) is 8.99. The highest BCUT2D eigenvalue weighted by atomic mass is 32.2. The molecule has 23 heavy (non-hydrogen) atoms. The van der Waals surface area contributed by atoms with Gasteiger partial charge in [0.1, 0.15) is 5.75 Å². The Morgan fingerprint density at radius 2 is 1.74 bits per heavy atom. The van der Waals surface area contributed by atoms with E-state index in [2.05, 4.69) is 5.32 Å². The Labute approximate surface area is 139 Å². The van der Waals surface area contributed by atoms with E-state index in [0.29, 0.717) is 10.5 Å². The molecule has 0 aliphatic heterocycles. The fraction of sp³-hybridized carbons (Fsp3) is 0.278. The highest BCUT2D eigenvalue weighted by molar-refractivity contribution is 7.84. The van der Waals surface area contributed by atoms with Crippen molar-refractivity contribution in [2.75, 3.05) is 13.4 Å². The minimum absolute atomic E-state index is 0.0617. The molecule has 2 rings (SSSR count). The Kier molecular flexibility index (Phi) is 5.93. The number of nitrogens with one attached hydrogen (secondary N) is 1. The standard InChI is InChI=1S/C18H21NO3S/c1-4-17(13-5-9-15(22-2)10-6-13)19-18(20)14-7-11-16(12-8-14)23(3)21/h5-12,17H,4H2,1-3H3,(H,19,20). The largest absolute Gasteiger partial charge is 0.497 e. The zero-order valence-electron chi connectivity index (χ0n) is 13.5. The third-order valence-electron chi connectivity index (χ3n) is 3.68. The minimum atomic E-state index is -1.04. The zero-order chi connectivity index (χ0) is 16.8. The predicted molar refractivity (Wildman–Crippen MR) is 92.3 cm³/mol. The fourth-order valence-corrected chi connectivity index (χ4v) is 2.82. The molecule has 0 heterocycles.